The zero-order chi connectivity index (χ0) is 14.5. The minimum Gasteiger partial charge on any atom is -0.489 e. The van der Waals surface area contributed by atoms with Crippen LogP contribution in [0, 0.1) is 5.92 Å². The molecule has 1 atom stereocenters. The molecule has 108 valence electrons. The predicted octanol–water partition coefficient (Wildman–Crippen LogP) is 3.78. The number of hydrogen-bond donors (Lipinski definition) is 1. The van der Waals surface area contributed by atoms with Crippen molar-refractivity contribution < 1.29 is 4.74 Å². The van der Waals surface area contributed by atoms with Crippen LogP contribution in [0.3, 0.4) is 0 Å². The van der Waals surface area contributed by atoms with Gasteiger partial charge in [-0.15, -0.1) is 0 Å². The summed E-state index contributed by atoms with van der Waals surface area (Å²) in [5.74, 6) is 1.54. The summed E-state index contributed by atoms with van der Waals surface area (Å²) in [6.45, 7) is 13.8. The molecule has 0 aliphatic heterocycles. The van der Waals surface area contributed by atoms with Crippen molar-refractivity contribution in [1.29, 1.82) is 0 Å². The molecule has 1 aromatic heterocycles. The van der Waals surface area contributed by atoms with E-state index in [0.29, 0.717) is 5.92 Å². The van der Waals surface area contributed by atoms with Gasteiger partial charge in [0.05, 0.1) is 12.3 Å². The molecule has 0 bridgehead atoms. The van der Waals surface area contributed by atoms with Crippen molar-refractivity contribution in [2.24, 2.45) is 5.92 Å². The second-order valence-electron chi connectivity index (χ2n) is 6.64. The number of rotatable bonds is 6. The molecule has 0 aliphatic rings. The highest BCUT2D eigenvalue weighted by molar-refractivity contribution is 5.30. The Hall–Kier alpha value is -1.09. The van der Waals surface area contributed by atoms with E-state index in [-0.39, 0.29) is 11.6 Å². The molecule has 0 saturated heterocycles. The van der Waals surface area contributed by atoms with Crippen LogP contribution in [0.15, 0.2) is 18.5 Å². The zero-order valence-electron chi connectivity index (χ0n) is 13.2. The van der Waals surface area contributed by atoms with Gasteiger partial charge in [-0.3, -0.25) is 4.98 Å². The number of hydrogen-bond acceptors (Lipinski definition) is 3. The van der Waals surface area contributed by atoms with Crippen LogP contribution in [0.5, 0.6) is 5.75 Å². The summed E-state index contributed by atoms with van der Waals surface area (Å²) < 4.78 is 6.02. The Morgan fingerprint density at radius 1 is 1.26 bits per heavy atom. The predicted molar refractivity (Wildman–Crippen MR) is 80.4 cm³/mol. The number of nitrogens with one attached hydrogen (secondary N) is 1. The quantitative estimate of drug-likeness (QED) is 0.849. The fourth-order valence-electron chi connectivity index (χ4n) is 1.95. The SMILES string of the molecule is CC(C)CC(C)Oc1cnccc1CNC(C)(C)C. The van der Waals surface area contributed by atoms with Crippen molar-refractivity contribution in [2.75, 3.05) is 0 Å². The molecule has 0 spiro atoms. The normalized spacial score (nSPS) is 13.6. The molecule has 0 aromatic carbocycles. The molecule has 0 amide bonds. The molecule has 0 radical (unpaired) electrons. The first-order valence-electron chi connectivity index (χ1n) is 7.12. The van der Waals surface area contributed by atoms with Crippen LogP contribution in [-0.2, 0) is 6.54 Å². The number of pyridine rings is 1. The summed E-state index contributed by atoms with van der Waals surface area (Å²) in [6, 6.07) is 2.02. The van der Waals surface area contributed by atoms with Gasteiger partial charge >= 0.3 is 0 Å². The molecule has 1 heterocycles. The van der Waals surface area contributed by atoms with E-state index in [1.54, 1.807) is 0 Å². The van der Waals surface area contributed by atoms with Crippen molar-refractivity contribution in [3.05, 3.63) is 24.0 Å². The third-order valence-corrected chi connectivity index (χ3v) is 2.81. The monoisotopic (exact) mass is 264 g/mol. The van der Waals surface area contributed by atoms with Crippen LogP contribution >= 0.6 is 0 Å². The minimum absolute atomic E-state index is 0.101. The molecule has 1 rings (SSSR count). The summed E-state index contributed by atoms with van der Waals surface area (Å²) >= 11 is 0. The largest absolute Gasteiger partial charge is 0.489 e. The lowest BCUT2D eigenvalue weighted by molar-refractivity contribution is 0.190. The Labute approximate surface area is 117 Å². The maximum Gasteiger partial charge on any atom is 0.142 e. The Kier molecular flexibility index (Phi) is 5.80. The second kappa shape index (κ2) is 6.90. The van der Waals surface area contributed by atoms with E-state index in [1.165, 1.54) is 5.56 Å². The molecule has 1 aromatic rings. The van der Waals surface area contributed by atoms with E-state index in [9.17, 15) is 0 Å². The van der Waals surface area contributed by atoms with Crippen LogP contribution in [-0.4, -0.2) is 16.6 Å². The van der Waals surface area contributed by atoms with Gasteiger partial charge in [0.1, 0.15) is 5.75 Å². The van der Waals surface area contributed by atoms with Crippen molar-refractivity contribution in [3.8, 4) is 5.75 Å². The lowest BCUT2D eigenvalue weighted by atomic mass is 10.1. The van der Waals surface area contributed by atoms with Crippen LogP contribution in [0.2, 0.25) is 0 Å². The molecule has 0 aliphatic carbocycles. The molecule has 3 nitrogen and oxygen atoms in total. The fraction of sp³-hybridized carbons (Fsp3) is 0.688. The maximum absolute atomic E-state index is 6.02. The first kappa shape index (κ1) is 16.0. The summed E-state index contributed by atoms with van der Waals surface area (Å²) in [5.41, 5.74) is 1.27. The average molecular weight is 264 g/mol. The van der Waals surface area contributed by atoms with Crippen LogP contribution in [0.4, 0.5) is 0 Å². The van der Waals surface area contributed by atoms with Gasteiger partial charge in [0.15, 0.2) is 0 Å². The van der Waals surface area contributed by atoms with E-state index < -0.39 is 0 Å². The number of nitrogens with zero attached hydrogens (tertiary/aromatic N) is 1. The Bertz CT molecular complexity index is 383. The van der Waals surface area contributed by atoms with Crippen molar-refractivity contribution >= 4 is 0 Å². The Morgan fingerprint density at radius 3 is 2.53 bits per heavy atom. The second-order valence-corrected chi connectivity index (χ2v) is 6.64. The third-order valence-electron chi connectivity index (χ3n) is 2.81. The standard InChI is InChI=1S/C16H28N2O/c1-12(2)9-13(3)19-15-11-17-8-7-14(15)10-18-16(4,5)6/h7-8,11-13,18H,9-10H2,1-6H3. The topological polar surface area (TPSA) is 34.1 Å². The Morgan fingerprint density at radius 2 is 1.95 bits per heavy atom. The third kappa shape index (κ3) is 6.58. The molecule has 1 N–H and O–H groups in total. The van der Waals surface area contributed by atoms with E-state index >= 15 is 0 Å². The first-order chi connectivity index (χ1) is 8.78. The fourth-order valence-corrected chi connectivity index (χ4v) is 1.95. The van der Waals surface area contributed by atoms with Crippen LogP contribution in [0.1, 0.15) is 53.5 Å². The highest BCUT2D eigenvalue weighted by atomic mass is 16.5. The van der Waals surface area contributed by atoms with Crippen molar-refractivity contribution in [2.45, 2.75) is 66.2 Å². The minimum atomic E-state index is 0.101. The lowest BCUT2D eigenvalue weighted by Crippen LogP contribution is -2.35. The highest BCUT2D eigenvalue weighted by Gasteiger charge is 2.13. The summed E-state index contributed by atoms with van der Waals surface area (Å²) in [5, 5.41) is 3.48. The van der Waals surface area contributed by atoms with E-state index in [2.05, 4.69) is 51.8 Å². The average Bonchev–Trinajstić information content (AvgIpc) is 2.25. The van der Waals surface area contributed by atoms with Gasteiger partial charge in [0.25, 0.3) is 0 Å². The molecule has 19 heavy (non-hydrogen) atoms. The van der Waals surface area contributed by atoms with Gasteiger partial charge in [-0.05, 0) is 46.1 Å². The van der Waals surface area contributed by atoms with Crippen molar-refractivity contribution in [3.63, 3.8) is 0 Å². The summed E-state index contributed by atoms with van der Waals surface area (Å²) in [4.78, 5) is 4.17. The van der Waals surface area contributed by atoms with Crippen LogP contribution < -0.4 is 10.1 Å². The van der Waals surface area contributed by atoms with Gasteiger partial charge in [-0.25, -0.2) is 0 Å². The van der Waals surface area contributed by atoms with Gasteiger partial charge in [0, 0.05) is 23.8 Å². The van der Waals surface area contributed by atoms with E-state index in [1.807, 2.05) is 18.5 Å². The van der Waals surface area contributed by atoms with Gasteiger partial charge < -0.3 is 10.1 Å². The van der Waals surface area contributed by atoms with E-state index in [4.69, 9.17) is 4.74 Å². The molecule has 0 fully saturated rings. The molecule has 1 unspecified atom stereocenters. The number of aromatic nitrogens is 1. The van der Waals surface area contributed by atoms with Gasteiger partial charge in [0.2, 0.25) is 0 Å². The first-order valence-corrected chi connectivity index (χ1v) is 7.12. The molecular formula is C16H28N2O. The summed E-state index contributed by atoms with van der Waals surface area (Å²) in [7, 11) is 0. The maximum atomic E-state index is 6.02. The molecule has 3 heteroatoms. The molecular weight excluding hydrogens is 236 g/mol. The van der Waals surface area contributed by atoms with E-state index in [0.717, 1.165) is 18.7 Å². The van der Waals surface area contributed by atoms with Crippen LogP contribution in [0.25, 0.3) is 0 Å². The Balaban J connectivity index is 2.67. The molecule has 0 saturated carbocycles. The van der Waals surface area contributed by atoms with Crippen molar-refractivity contribution in [1.82, 2.24) is 10.3 Å². The van der Waals surface area contributed by atoms with Gasteiger partial charge in [-0.2, -0.15) is 0 Å². The summed E-state index contributed by atoms with van der Waals surface area (Å²) in [6.07, 6.45) is 4.91. The smallest absolute Gasteiger partial charge is 0.142 e. The highest BCUT2D eigenvalue weighted by Crippen LogP contribution is 2.20. The number of ether oxygens (including phenoxy) is 1. The zero-order valence-corrected chi connectivity index (χ0v) is 13.2. The van der Waals surface area contributed by atoms with Gasteiger partial charge in [-0.1, -0.05) is 13.8 Å². The lowest BCUT2D eigenvalue weighted by Gasteiger charge is -2.23.